The van der Waals surface area contributed by atoms with Crippen LogP contribution in [0.15, 0.2) is 50.8 Å². The predicted molar refractivity (Wildman–Crippen MR) is 94.2 cm³/mol. The summed E-state index contributed by atoms with van der Waals surface area (Å²) in [4.78, 5) is 23.8. The van der Waals surface area contributed by atoms with Crippen molar-refractivity contribution in [3.63, 3.8) is 0 Å². The van der Waals surface area contributed by atoms with Gasteiger partial charge in [0.05, 0.1) is 10.2 Å². The number of hydroxylamine groups is 1. The monoisotopic (exact) mass is 436 g/mol. The molecule has 2 heterocycles. The van der Waals surface area contributed by atoms with Crippen molar-refractivity contribution in [3.05, 3.63) is 52.6 Å². The molecule has 2 amide bonds. The summed E-state index contributed by atoms with van der Waals surface area (Å²) in [6, 6.07) is 4.81. The molecule has 0 aliphatic rings. The van der Waals surface area contributed by atoms with E-state index in [4.69, 9.17) is 0 Å². The molecule has 27 heavy (non-hydrogen) atoms. The molecule has 0 spiro atoms. The van der Waals surface area contributed by atoms with Crippen LogP contribution in [0.25, 0.3) is 0 Å². The molecule has 0 atom stereocenters. The lowest BCUT2D eigenvalue weighted by Gasteiger charge is -2.06. The van der Waals surface area contributed by atoms with E-state index in [2.05, 4.69) is 56.5 Å². The van der Waals surface area contributed by atoms with Crippen molar-refractivity contribution in [2.24, 2.45) is 4.99 Å². The van der Waals surface area contributed by atoms with Crippen LogP contribution < -0.4 is 16.1 Å². The van der Waals surface area contributed by atoms with Crippen molar-refractivity contribution < 1.29 is 19.0 Å². The normalized spacial score (nSPS) is 11.1. The lowest BCUT2D eigenvalue weighted by Crippen LogP contribution is -2.25. The van der Waals surface area contributed by atoms with Gasteiger partial charge in [-0.25, -0.2) is 28.8 Å². The van der Waals surface area contributed by atoms with E-state index >= 15 is 0 Å². The summed E-state index contributed by atoms with van der Waals surface area (Å²) in [6.45, 7) is 0. The van der Waals surface area contributed by atoms with Gasteiger partial charge in [0.1, 0.15) is 5.82 Å². The number of nitrogens with zero attached hydrogens (tertiary/aromatic N) is 5. The molecule has 2 aromatic heterocycles. The van der Waals surface area contributed by atoms with E-state index in [9.17, 15) is 14.4 Å². The molecule has 0 bridgehead atoms. The third-order valence-electron chi connectivity index (χ3n) is 2.99. The zero-order valence-corrected chi connectivity index (χ0v) is 14.8. The van der Waals surface area contributed by atoms with Crippen molar-refractivity contribution >= 4 is 45.3 Å². The molecular formula is C14H10BrFN8O3. The Bertz CT molecular complexity index is 982. The van der Waals surface area contributed by atoms with E-state index in [0.717, 1.165) is 0 Å². The number of hydrogen-bond acceptors (Lipinski definition) is 8. The van der Waals surface area contributed by atoms with Crippen LogP contribution in [0.3, 0.4) is 0 Å². The van der Waals surface area contributed by atoms with Gasteiger partial charge in [0.2, 0.25) is 11.8 Å². The minimum absolute atomic E-state index is 0.0679. The highest BCUT2D eigenvalue weighted by Crippen LogP contribution is 2.23. The van der Waals surface area contributed by atoms with Crippen LogP contribution in [-0.4, -0.2) is 37.4 Å². The Labute approximate surface area is 158 Å². The molecule has 11 nitrogen and oxygen atoms in total. The highest BCUT2D eigenvalue weighted by atomic mass is 79.9. The first-order chi connectivity index (χ1) is 13.1. The number of hydrogen-bond donors (Lipinski definition) is 4. The molecule has 0 fully saturated rings. The van der Waals surface area contributed by atoms with Gasteiger partial charge in [0, 0.05) is 12.4 Å². The number of nitrogens with one attached hydrogen (secondary N) is 3. The lowest BCUT2D eigenvalue weighted by molar-refractivity contribution is 0.234. The smallest absolute Gasteiger partial charge is 0.290 e. The fourth-order valence-electron chi connectivity index (χ4n) is 1.84. The largest absolute Gasteiger partial charge is 0.327 e. The second-order valence-electron chi connectivity index (χ2n) is 4.78. The topological polar surface area (TPSA) is 150 Å². The van der Waals surface area contributed by atoms with Crippen LogP contribution in [0.5, 0.6) is 0 Å². The van der Waals surface area contributed by atoms with Gasteiger partial charge in [-0.15, -0.1) is 0 Å². The second kappa shape index (κ2) is 8.29. The summed E-state index contributed by atoms with van der Waals surface area (Å²) >= 11 is 3.03. The van der Waals surface area contributed by atoms with E-state index in [0.29, 0.717) is 0 Å². The average molecular weight is 437 g/mol. The van der Waals surface area contributed by atoms with E-state index < -0.39 is 11.8 Å². The summed E-state index contributed by atoms with van der Waals surface area (Å²) in [6.07, 6.45) is 2.90. The number of rotatable bonds is 4. The van der Waals surface area contributed by atoms with Gasteiger partial charge >= 0.3 is 6.03 Å². The van der Waals surface area contributed by atoms with Gasteiger partial charge in [0.15, 0.2) is 11.5 Å². The number of urea groups is 1. The quantitative estimate of drug-likeness (QED) is 0.276. The van der Waals surface area contributed by atoms with E-state index in [-0.39, 0.29) is 33.5 Å². The van der Waals surface area contributed by atoms with Crippen LogP contribution >= 0.6 is 15.9 Å². The molecule has 3 aromatic rings. The summed E-state index contributed by atoms with van der Waals surface area (Å²) in [5, 5.41) is 21.2. The second-order valence-corrected chi connectivity index (χ2v) is 5.64. The number of carbonyl (C=O) groups is 1. The van der Waals surface area contributed by atoms with Crippen molar-refractivity contribution in [2.75, 3.05) is 10.6 Å². The van der Waals surface area contributed by atoms with Crippen LogP contribution in [0.4, 0.5) is 26.6 Å². The Morgan fingerprint density at radius 2 is 2.00 bits per heavy atom. The minimum Gasteiger partial charge on any atom is -0.290 e. The molecule has 4 N–H and O–H groups in total. The molecule has 0 radical (unpaired) electrons. The molecule has 0 aliphatic carbocycles. The molecule has 0 saturated heterocycles. The Hall–Kier alpha value is -3.45. The molecule has 0 aliphatic heterocycles. The van der Waals surface area contributed by atoms with Gasteiger partial charge in [-0.3, -0.25) is 21.3 Å². The fourth-order valence-corrected chi connectivity index (χ4v) is 2.21. The number of aromatic nitrogens is 4. The third-order valence-corrected chi connectivity index (χ3v) is 3.59. The molecule has 0 saturated carbocycles. The summed E-state index contributed by atoms with van der Waals surface area (Å²) < 4.78 is 18.1. The van der Waals surface area contributed by atoms with Gasteiger partial charge < -0.3 is 0 Å². The van der Waals surface area contributed by atoms with Crippen LogP contribution in [0.1, 0.15) is 5.69 Å². The van der Waals surface area contributed by atoms with Crippen LogP contribution in [0, 0.1) is 5.82 Å². The fraction of sp³-hybridized carbons (Fsp3) is 0. The maximum atomic E-state index is 13.3. The highest BCUT2D eigenvalue weighted by Gasteiger charge is 2.19. The molecular weight excluding hydrogens is 427 g/mol. The Balaban J connectivity index is 1.80. The van der Waals surface area contributed by atoms with Crippen LogP contribution in [-0.2, 0) is 0 Å². The number of amides is 2. The highest BCUT2D eigenvalue weighted by molar-refractivity contribution is 9.10. The van der Waals surface area contributed by atoms with Crippen molar-refractivity contribution in [1.82, 2.24) is 25.8 Å². The van der Waals surface area contributed by atoms with Crippen LogP contribution in [0.2, 0.25) is 0 Å². The van der Waals surface area contributed by atoms with Gasteiger partial charge in [-0.05, 0) is 50.5 Å². The van der Waals surface area contributed by atoms with E-state index in [1.165, 1.54) is 30.6 Å². The number of halogens is 2. The number of amidine groups is 1. The first kappa shape index (κ1) is 18.3. The van der Waals surface area contributed by atoms with Crippen molar-refractivity contribution in [1.29, 1.82) is 0 Å². The third kappa shape index (κ3) is 4.59. The minimum atomic E-state index is -0.722. The Kier molecular flexibility index (Phi) is 5.63. The Morgan fingerprint density at radius 3 is 2.70 bits per heavy atom. The SMILES string of the molecule is O=C(Nc1ncccn1)Nc1nonc1C(=Nc1ccc(F)c(Br)c1)NO. The van der Waals surface area contributed by atoms with E-state index in [1.807, 2.05) is 5.48 Å². The number of anilines is 2. The Morgan fingerprint density at radius 1 is 1.22 bits per heavy atom. The zero-order valence-electron chi connectivity index (χ0n) is 13.2. The maximum absolute atomic E-state index is 13.3. The number of carbonyl (C=O) groups excluding carboxylic acids is 1. The van der Waals surface area contributed by atoms with Crippen molar-refractivity contribution in [2.45, 2.75) is 0 Å². The molecule has 138 valence electrons. The summed E-state index contributed by atoms with van der Waals surface area (Å²) in [5.41, 5.74) is 2.02. The lowest BCUT2D eigenvalue weighted by atomic mass is 10.3. The standard InChI is InChI=1S/C14H10BrFN8O3/c15-8-6-7(2-3-9(8)16)19-11(22-26)10-12(24-27-23-10)20-14(25)21-13-17-4-1-5-18-13/h1-6,26H,(H,19,22)(H2,17,18,20,21,24,25). The molecule has 0 unspecified atom stereocenters. The predicted octanol–water partition coefficient (Wildman–Crippen LogP) is 2.46. The van der Waals surface area contributed by atoms with Gasteiger partial charge in [0.25, 0.3) is 0 Å². The van der Waals surface area contributed by atoms with E-state index in [1.54, 1.807) is 6.07 Å². The first-order valence-electron chi connectivity index (χ1n) is 7.18. The van der Waals surface area contributed by atoms with Crippen molar-refractivity contribution in [3.8, 4) is 0 Å². The molecule has 1 aromatic carbocycles. The zero-order chi connectivity index (χ0) is 19.2. The van der Waals surface area contributed by atoms with Gasteiger partial charge in [-0.2, -0.15) is 0 Å². The molecule has 13 heteroatoms. The maximum Gasteiger partial charge on any atom is 0.327 e. The molecule has 3 rings (SSSR count). The first-order valence-corrected chi connectivity index (χ1v) is 7.98. The summed E-state index contributed by atoms with van der Waals surface area (Å²) in [5.74, 6) is -0.734. The average Bonchev–Trinajstić information content (AvgIpc) is 3.11. The number of benzene rings is 1. The number of aliphatic imine (C=N–C) groups is 1. The van der Waals surface area contributed by atoms with Gasteiger partial charge in [-0.1, -0.05) is 0 Å². The summed E-state index contributed by atoms with van der Waals surface area (Å²) in [7, 11) is 0.